The standard InChI is InChI=1S/C14H9Br2NO4/c15-8-2-3-10(16)9(6-8)13(19)17-11-5-7(14(20)21)1-4-12(11)18/h1-6,18H,(H,17,19)(H,20,21). The van der Waals surface area contributed by atoms with E-state index in [9.17, 15) is 14.7 Å². The van der Waals surface area contributed by atoms with Gasteiger partial charge in [-0.2, -0.15) is 0 Å². The van der Waals surface area contributed by atoms with E-state index in [1.54, 1.807) is 18.2 Å². The summed E-state index contributed by atoms with van der Waals surface area (Å²) in [6.07, 6.45) is 0. The summed E-state index contributed by atoms with van der Waals surface area (Å²) in [6, 6.07) is 8.74. The minimum absolute atomic E-state index is 0.0311. The molecule has 0 aliphatic heterocycles. The van der Waals surface area contributed by atoms with Gasteiger partial charge in [-0.1, -0.05) is 15.9 Å². The fourth-order valence-corrected chi connectivity index (χ4v) is 2.42. The van der Waals surface area contributed by atoms with Crippen molar-refractivity contribution in [3.8, 4) is 5.75 Å². The number of aromatic hydroxyl groups is 1. The zero-order valence-corrected chi connectivity index (χ0v) is 13.6. The largest absolute Gasteiger partial charge is 0.506 e. The average Bonchev–Trinajstić information content (AvgIpc) is 2.43. The molecule has 1 amide bonds. The predicted molar refractivity (Wildman–Crippen MR) is 84.9 cm³/mol. The van der Waals surface area contributed by atoms with Gasteiger partial charge < -0.3 is 15.5 Å². The third-order valence-electron chi connectivity index (χ3n) is 2.66. The monoisotopic (exact) mass is 413 g/mol. The lowest BCUT2D eigenvalue weighted by Crippen LogP contribution is -2.13. The highest BCUT2D eigenvalue weighted by Crippen LogP contribution is 2.27. The van der Waals surface area contributed by atoms with Crippen molar-refractivity contribution in [1.29, 1.82) is 0 Å². The average molecular weight is 415 g/mol. The molecule has 21 heavy (non-hydrogen) atoms. The Bertz CT molecular complexity index is 731. The molecule has 0 heterocycles. The molecule has 0 aliphatic carbocycles. The molecule has 0 saturated carbocycles. The van der Waals surface area contributed by atoms with Gasteiger partial charge in [-0.05, 0) is 52.3 Å². The van der Waals surface area contributed by atoms with Crippen LogP contribution in [0.15, 0.2) is 45.3 Å². The molecule has 0 radical (unpaired) electrons. The number of carbonyl (C=O) groups is 2. The van der Waals surface area contributed by atoms with E-state index in [-0.39, 0.29) is 17.0 Å². The number of rotatable bonds is 3. The molecule has 2 aromatic rings. The fraction of sp³-hybridized carbons (Fsp3) is 0. The quantitative estimate of drug-likeness (QED) is 0.665. The number of nitrogens with one attached hydrogen (secondary N) is 1. The zero-order valence-electron chi connectivity index (χ0n) is 10.4. The number of halogens is 2. The minimum Gasteiger partial charge on any atom is -0.506 e. The summed E-state index contributed by atoms with van der Waals surface area (Å²) >= 11 is 6.53. The Morgan fingerprint density at radius 1 is 1.05 bits per heavy atom. The van der Waals surface area contributed by atoms with Crippen LogP contribution in [0.4, 0.5) is 5.69 Å². The normalized spacial score (nSPS) is 10.2. The number of aromatic carboxylic acids is 1. The number of carboxylic acid groups (broad SMARTS) is 1. The second-order valence-corrected chi connectivity index (χ2v) is 5.89. The highest BCUT2D eigenvalue weighted by atomic mass is 79.9. The third-order valence-corrected chi connectivity index (χ3v) is 3.85. The molecule has 7 heteroatoms. The van der Waals surface area contributed by atoms with Crippen molar-refractivity contribution in [2.75, 3.05) is 5.32 Å². The summed E-state index contributed by atoms with van der Waals surface area (Å²) in [7, 11) is 0. The summed E-state index contributed by atoms with van der Waals surface area (Å²) in [5.74, 6) is -1.82. The highest BCUT2D eigenvalue weighted by molar-refractivity contribution is 9.11. The summed E-state index contributed by atoms with van der Waals surface area (Å²) in [4.78, 5) is 23.1. The van der Waals surface area contributed by atoms with E-state index in [0.29, 0.717) is 10.0 Å². The van der Waals surface area contributed by atoms with E-state index in [4.69, 9.17) is 5.11 Å². The number of carbonyl (C=O) groups excluding carboxylic acids is 1. The van der Waals surface area contributed by atoms with Gasteiger partial charge in [0.15, 0.2) is 0 Å². The van der Waals surface area contributed by atoms with Crippen LogP contribution >= 0.6 is 31.9 Å². The second kappa shape index (κ2) is 6.28. The van der Waals surface area contributed by atoms with Crippen LogP contribution < -0.4 is 5.32 Å². The van der Waals surface area contributed by atoms with E-state index < -0.39 is 11.9 Å². The molecule has 0 aliphatic rings. The van der Waals surface area contributed by atoms with Crippen LogP contribution in [-0.4, -0.2) is 22.1 Å². The molecule has 0 unspecified atom stereocenters. The Labute approximate surface area is 136 Å². The third kappa shape index (κ3) is 3.62. The molecule has 0 fully saturated rings. The topological polar surface area (TPSA) is 86.6 Å². The summed E-state index contributed by atoms with van der Waals surface area (Å²) < 4.78 is 1.30. The number of carboxylic acids is 1. The Morgan fingerprint density at radius 3 is 2.43 bits per heavy atom. The number of hydrogen-bond donors (Lipinski definition) is 3. The second-order valence-electron chi connectivity index (χ2n) is 4.12. The lowest BCUT2D eigenvalue weighted by molar-refractivity contribution is 0.0696. The van der Waals surface area contributed by atoms with Crippen molar-refractivity contribution in [2.45, 2.75) is 0 Å². The van der Waals surface area contributed by atoms with Gasteiger partial charge in [-0.3, -0.25) is 4.79 Å². The molecule has 0 bridgehead atoms. The maximum Gasteiger partial charge on any atom is 0.335 e. The molecule has 5 nitrogen and oxygen atoms in total. The lowest BCUT2D eigenvalue weighted by atomic mass is 10.1. The molecule has 0 spiro atoms. The Kier molecular flexibility index (Phi) is 4.64. The maximum atomic E-state index is 12.2. The van der Waals surface area contributed by atoms with Crippen LogP contribution in [0, 0.1) is 0 Å². The predicted octanol–water partition coefficient (Wildman–Crippen LogP) is 3.87. The van der Waals surface area contributed by atoms with Crippen molar-refractivity contribution >= 4 is 49.4 Å². The number of phenolic OH excluding ortho intramolecular Hbond substituents is 1. The van der Waals surface area contributed by atoms with Crippen molar-refractivity contribution in [2.24, 2.45) is 0 Å². The first-order chi connectivity index (χ1) is 9.88. The lowest BCUT2D eigenvalue weighted by Gasteiger charge is -2.09. The fourth-order valence-electron chi connectivity index (χ4n) is 1.63. The van der Waals surface area contributed by atoms with Gasteiger partial charge in [-0.25, -0.2) is 4.79 Å². The van der Waals surface area contributed by atoms with E-state index in [0.717, 1.165) is 4.47 Å². The van der Waals surface area contributed by atoms with Gasteiger partial charge in [0.05, 0.1) is 16.8 Å². The SMILES string of the molecule is O=C(O)c1ccc(O)c(NC(=O)c2cc(Br)ccc2Br)c1. The van der Waals surface area contributed by atoms with Crippen LogP contribution in [0.1, 0.15) is 20.7 Å². The van der Waals surface area contributed by atoms with E-state index >= 15 is 0 Å². The maximum absolute atomic E-state index is 12.2. The van der Waals surface area contributed by atoms with Crippen LogP contribution in [0.3, 0.4) is 0 Å². The molecule has 2 rings (SSSR count). The number of hydrogen-bond acceptors (Lipinski definition) is 3. The molecular weight excluding hydrogens is 406 g/mol. The molecule has 3 N–H and O–H groups in total. The van der Waals surface area contributed by atoms with Gasteiger partial charge in [0.25, 0.3) is 5.91 Å². The number of anilines is 1. The van der Waals surface area contributed by atoms with Gasteiger partial charge in [0.1, 0.15) is 5.75 Å². The van der Waals surface area contributed by atoms with Crippen molar-refractivity contribution in [3.63, 3.8) is 0 Å². The van der Waals surface area contributed by atoms with Crippen LogP contribution in [0.25, 0.3) is 0 Å². The Morgan fingerprint density at radius 2 is 1.76 bits per heavy atom. The molecule has 0 saturated heterocycles. The molecule has 108 valence electrons. The molecular formula is C14H9Br2NO4. The van der Waals surface area contributed by atoms with Gasteiger partial charge in [0, 0.05) is 8.95 Å². The van der Waals surface area contributed by atoms with E-state index in [1.807, 2.05) is 0 Å². The molecule has 2 aromatic carbocycles. The Balaban J connectivity index is 2.33. The number of benzene rings is 2. The minimum atomic E-state index is -1.14. The van der Waals surface area contributed by atoms with Crippen molar-refractivity contribution < 1.29 is 19.8 Å². The molecule has 0 atom stereocenters. The van der Waals surface area contributed by atoms with Gasteiger partial charge in [0.2, 0.25) is 0 Å². The van der Waals surface area contributed by atoms with Gasteiger partial charge >= 0.3 is 5.97 Å². The first-order valence-electron chi connectivity index (χ1n) is 5.71. The first-order valence-corrected chi connectivity index (χ1v) is 7.30. The number of amides is 1. The number of phenols is 1. The summed E-state index contributed by atoms with van der Waals surface area (Å²) in [6.45, 7) is 0. The van der Waals surface area contributed by atoms with Crippen LogP contribution in [0.2, 0.25) is 0 Å². The van der Waals surface area contributed by atoms with Gasteiger partial charge in [-0.15, -0.1) is 0 Å². The summed E-state index contributed by atoms with van der Waals surface area (Å²) in [5.41, 5.74) is 0.354. The Hall–Kier alpha value is -1.86. The van der Waals surface area contributed by atoms with E-state index in [1.165, 1.54) is 18.2 Å². The highest BCUT2D eigenvalue weighted by Gasteiger charge is 2.14. The first kappa shape index (κ1) is 15.5. The van der Waals surface area contributed by atoms with Crippen molar-refractivity contribution in [1.82, 2.24) is 0 Å². The molecule has 0 aromatic heterocycles. The van der Waals surface area contributed by atoms with Crippen molar-refractivity contribution in [3.05, 3.63) is 56.5 Å². The zero-order chi connectivity index (χ0) is 15.6. The van der Waals surface area contributed by atoms with E-state index in [2.05, 4.69) is 37.2 Å². The van der Waals surface area contributed by atoms with Crippen LogP contribution in [-0.2, 0) is 0 Å². The van der Waals surface area contributed by atoms with Crippen LogP contribution in [0.5, 0.6) is 5.75 Å². The summed E-state index contributed by atoms with van der Waals surface area (Å²) in [5, 5.41) is 21.1. The smallest absolute Gasteiger partial charge is 0.335 e.